The number of benzene rings is 2. The smallest absolute Gasteiger partial charge is 0.281 e. The number of hydrazone groups is 1. The Labute approximate surface area is 194 Å². The number of aryl methyl sites for hydroxylation is 1. The maximum Gasteiger partial charge on any atom is 0.281 e. The number of amides is 1. The second-order valence-electron chi connectivity index (χ2n) is 7.86. The topological polar surface area (TPSA) is 92.8 Å². The van der Waals surface area contributed by atoms with Crippen LogP contribution < -0.4 is 10.3 Å². The molecule has 2 aromatic carbocycles. The highest BCUT2D eigenvalue weighted by Gasteiger charge is 2.14. The first-order valence-electron chi connectivity index (χ1n) is 10.2. The number of rotatable bonds is 6. The van der Waals surface area contributed by atoms with E-state index in [1.807, 2.05) is 34.0 Å². The number of nitrogens with zero attached hydrogens (tertiary/aromatic N) is 4. The first-order chi connectivity index (χ1) is 15.7. The molecule has 4 aromatic rings. The van der Waals surface area contributed by atoms with Crippen molar-refractivity contribution in [2.45, 2.75) is 13.8 Å². The van der Waals surface area contributed by atoms with Gasteiger partial charge in [0.15, 0.2) is 0 Å². The normalized spacial score (nSPS) is 11.3. The molecule has 0 atom stereocenters. The summed E-state index contributed by atoms with van der Waals surface area (Å²) in [6.07, 6.45) is 1.63. The summed E-state index contributed by atoms with van der Waals surface area (Å²) >= 11 is 1.27. The third-order valence-corrected chi connectivity index (χ3v) is 6.51. The molecule has 4 rings (SSSR count). The van der Waals surface area contributed by atoms with E-state index in [-0.39, 0.29) is 11.6 Å². The van der Waals surface area contributed by atoms with E-state index in [2.05, 4.69) is 44.3 Å². The number of nitro groups is 1. The zero-order valence-electron chi connectivity index (χ0n) is 18.7. The number of carbonyl (C=O) groups excluding carboxylic acids is 1. The minimum absolute atomic E-state index is 0.00279. The summed E-state index contributed by atoms with van der Waals surface area (Å²) in [6.45, 7) is 4.04. The van der Waals surface area contributed by atoms with Gasteiger partial charge in [0.25, 0.3) is 11.6 Å². The number of hydrogen-bond acceptors (Lipinski definition) is 6. The van der Waals surface area contributed by atoms with E-state index in [4.69, 9.17) is 0 Å². The van der Waals surface area contributed by atoms with Crippen molar-refractivity contribution in [1.29, 1.82) is 0 Å². The van der Waals surface area contributed by atoms with Gasteiger partial charge in [-0.2, -0.15) is 5.10 Å². The van der Waals surface area contributed by atoms with Crippen molar-refractivity contribution in [2.24, 2.45) is 5.10 Å². The van der Waals surface area contributed by atoms with Crippen LogP contribution in [0.4, 0.5) is 11.4 Å². The lowest BCUT2D eigenvalue weighted by atomic mass is 10.2. The molecule has 2 aromatic heterocycles. The Morgan fingerprint density at radius 1 is 1.12 bits per heavy atom. The van der Waals surface area contributed by atoms with Crippen molar-refractivity contribution in [3.8, 4) is 5.69 Å². The molecule has 9 heteroatoms. The summed E-state index contributed by atoms with van der Waals surface area (Å²) in [5.74, 6) is -0.358. The number of non-ortho nitro benzene ring substituents is 1. The molecule has 1 N–H and O–H groups in total. The van der Waals surface area contributed by atoms with Gasteiger partial charge in [-0.15, -0.1) is 11.3 Å². The number of fused-ring (bicyclic) bond motifs is 1. The molecule has 33 heavy (non-hydrogen) atoms. The molecule has 0 saturated carbocycles. The molecule has 0 fully saturated rings. The van der Waals surface area contributed by atoms with Crippen LogP contribution in [0.3, 0.4) is 0 Å². The largest absolute Gasteiger partial charge is 0.378 e. The van der Waals surface area contributed by atoms with E-state index in [9.17, 15) is 14.9 Å². The van der Waals surface area contributed by atoms with E-state index in [0.717, 1.165) is 33.0 Å². The molecule has 1 amide bonds. The molecular formula is C24H23N5O3S. The molecule has 0 saturated heterocycles. The van der Waals surface area contributed by atoms with Crippen molar-refractivity contribution < 1.29 is 9.72 Å². The SMILES string of the molecule is Cc1cc(C=NNC(=O)c2cc3cc([N+](=O)[O-])ccc3s2)c(C)n1-c1ccc(N(C)C)cc1. The number of thiophene rings is 1. The van der Waals surface area contributed by atoms with Gasteiger partial charge >= 0.3 is 0 Å². The lowest BCUT2D eigenvalue weighted by molar-refractivity contribution is -0.384. The van der Waals surface area contributed by atoms with Crippen LogP contribution in [0.1, 0.15) is 26.6 Å². The van der Waals surface area contributed by atoms with Crippen molar-refractivity contribution >= 4 is 44.9 Å². The average Bonchev–Trinajstić information content (AvgIpc) is 3.33. The highest BCUT2D eigenvalue weighted by molar-refractivity contribution is 7.20. The minimum Gasteiger partial charge on any atom is -0.378 e. The summed E-state index contributed by atoms with van der Waals surface area (Å²) in [6, 6.07) is 16.5. The quantitative estimate of drug-likeness (QED) is 0.247. The highest BCUT2D eigenvalue weighted by Crippen LogP contribution is 2.29. The third kappa shape index (κ3) is 4.49. The number of hydrogen-bond donors (Lipinski definition) is 1. The van der Waals surface area contributed by atoms with Gasteiger partial charge in [0, 0.05) is 64.6 Å². The van der Waals surface area contributed by atoms with Gasteiger partial charge in [0.1, 0.15) is 0 Å². The van der Waals surface area contributed by atoms with Gasteiger partial charge < -0.3 is 9.47 Å². The molecule has 2 heterocycles. The van der Waals surface area contributed by atoms with Crippen molar-refractivity contribution in [3.63, 3.8) is 0 Å². The van der Waals surface area contributed by atoms with Crippen LogP contribution in [0.15, 0.2) is 59.7 Å². The fourth-order valence-electron chi connectivity index (χ4n) is 3.69. The van der Waals surface area contributed by atoms with Crippen molar-refractivity contribution in [3.05, 3.63) is 86.5 Å². The van der Waals surface area contributed by atoms with Gasteiger partial charge in [0.2, 0.25) is 0 Å². The van der Waals surface area contributed by atoms with Crippen LogP contribution in [0.2, 0.25) is 0 Å². The molecule has 0 radical (unpaired) electrons. The molecule has 168 valence electrons. The molecule has 0 spiro atoms. The summed E-state index contributed by atoms with van der Waals surface area (Å²) in [5.41, 5.74) is 7.70. The second kappa shape index (κ2) is 8.87. The Kier molecular flexibility index (Phi) is 5.97. The van der Waals surface area contributed by atoms with E-state index < -0.39 is 4.92 Å². The molecule has 0 aliphatic rings. The first kappa shape index (κ1) is 22.2. The first-order valence-corrected chi connectivity index (χ1v) is 11.0. The van der Waals surface area contributed by atoms with Crippen LogP contribution in [0, 0.1) is 24.0 Å². The average molecular weight is 462 g/mol. The maximum atomic E-state index is 12.5. The zero-order chi connectivity index (χ0) is 23.7. The predicted molar refractivity (Wildman–Crippen MR) is 133 cm³/mol. The van der Waals surface area contributed by atoms with Gasteiger partial charge in [0.05, 0.1) is 16.0 Å². The maximum absolute atomic E-state index is 12.5. The van der Waals surface area contributed by atoms with E-state index in [1.54, 1.807) is 18.3 Å². The van der Waals surface area contributed by atoms with Crippen molar-refractivity contribution in [2.75, 3.05) is 19.0 Å². The Bertz CT molecular complexity index is 1380. The van der Waals surface area contributed by atoms with Gasteiger partial charge in [-0.3, -0.25) is 14.9 Å². The van der Waals surface area contributed by atoms with Crippen LogP contribution >= 0.6 is 11.3 Å². The molecule has 0 aliphatic carbocycles. The van der Waals surface area contributed by atoms with E-state index in [1.165, 1.54) is 23.5 Å². The summed E-state index contributed by atoms with van der Waals surface area (Å²) in [7, 11) is 4.01. The van der Waals surface area contributed by atoms with Gasteiger partial charge in [-0.25, -0.2) is 5.43 Å². The van der Waals surface area contributed by atoms with Crippen LogP contribution in [0.25, 0.3) is 15.8 Å². The highest BCUT2D eigenvalue weighted by atomic mass is 32.1. The Balaban J connectivity index is 1.50. The molecule has 0 unspecified atom stereocenters. The van der Waals surface area contributed by atoms with Gasteiger partial charge in [-0.1, -0.05) is 0 Å². The number of carbonyl (C=O) groups is 1. The zero-order valence-corrected chi connectivity index (χ0v) is 19.5. The monoisotopic (exact) mass is 461 g/mol. The fourth-order valence-corrected chi connectivity index (χ4v) is 4.62. The summed E-state index contributed by atoms with van der Waals surface area (Å²) in [4.78, 5) is 25.5. The number of nitro benzene ring substituents is 1. The number of nitrogens with one attached hydrogen (secondary N) is 1. The lowest BCUT2D eigenvalue weighted by Gasteiger charge is -2.14. The van der Waals surface area contributed by atoms with Crippen LogP contribution in [-0.4, -0.2) is 35.7 Å². The Hall–Kier alpha value is -3.98. The molecule has 0 bridgehead atoms. The Morgan fingerprint density at radius 3 is 2.52 bits per heavy atom. The molecule has 8 nitrogen and oxygen atoms in total. The van der Waals surface area contributed by atoms with E-state index in [0.29, 0.717) is 10.3 Å². The fraction of sp³-hybridized carbons (Fsp3) is 0.167. The number of aromatic nitrogens is 1. The van der Waals surface area contributed by atoms with Crippen molar-refractivity contribution in [1.82, 2.24) is 9.99 Å². The third-order valence-electron chi connectivity index (χ3n) is 5.40. The molecule has 0 aliphatic heterocycles. The van der Waals surface area contributed by atoms with Crippen LogP contribution in [-0.2, 0) is 0 Å². The van der Waals surface area contributed by atoms with Gasteiger partial charge in [-0.05, 0) is 56.3 Å². The predicted octanol–water partition coefficient (Wildman–Crippen LogP) is 5.05. The summed E-state index contributed by atoms with van der Waals surface area (Å²) in [5, 5.41) is 15.7. The second-order valence-corrected chi connectivity index (χ2v) is 8.95. The number of anilines is 1. The van der Waals surface area contributed by atoms with Crippen LogP contribution in [0.5, 0.6) is 0 Å². The minimum atomic E-state index is -0.450. The summed E-state index contributed by atoms with van der Waals surface area (Å²) < 4.78 is 2.94. The van der Waals surface area contributed by atoms with E-state index >= 15 is 0 Å². The molecular weight excluding hydrogens is 438 g/mol. The lowest BCUT2D eigenvalue weighted by Crippen LogP contribution is -2.16. The standard InChI is InChI=1S/C24H23N5O3S/c1-15-11-18(16(2)28(15)20-7-5-19(6-8-20)27(3)4)14-25-26-24(30)23-13-17-12-21(29(31)32)9-10-22(17)33-23/h5-14H,1-4H3,(H,26,30). The Morgan fingerprint density at radius 2 is 1.85 bits per heavy atom.